The van der Waals surface area contributed by atoms with Gasteiger partial charge in [-0.3, -0.25) is 9.59 Å². The van der Waals surface area contributed by atoms with Gasteiger partial charge in [0.1, 0.15) is 18.8 Å². The number of rotatable bonds is 14. The first kappa shape index (κ1) is 29.7. The van der Waals surface area contributed by atoms with Gasteiger partial charge < -0.3 is 34.2 Å². The Balaban J connectivity index is 2.89. The van der Waals surface area contributed by atoms with Crippen LogP contribution >= 0.6 is 0 Å². The van der Waals surface area contributed by atoms with Crippen molar-refractivity contribution in [2.45, 2.75) is 71.9 Å². The SMILES string of the molecule is CCCCOC(=O)Oc1ccc(C[C@H](N)C(=O)O[C@@H](C)COC(C)=O)cc1OC(=O)OCCCC. The molecule has 0 amide bonds. The molecule has 11 heteroatoms. The van der Waals surface area contributed by atoms with Crippen LogP contribution in [0.15, 0.2) is 18.2 Å². The number of carbonyl (C=O) groups is 4. The van der Waals surface area contributed by atoms with Gasteiger partial charge in [0.15, 0.2) is 11.5 Å². The minimum Gasteiger partial charge on any atom is -0.462 e. The van der Waals surface area contributed by atoms with Crippen LogP contribution in [0.5, 0.6) is 11.5 Å². The van der Waals surface area contributed by atoms with Gasteiger partial charge in [0.05, 0.1) is 13.2 Å². The first-order chi connectivity index (χ1) is 16.7. The summed E-state index contributed by atoms with van der Waals surface area (Å²) in [5.41, 5.74) is 6.46. The second kappa shape index (κ2) is 16.3. The van der Waals surface area contributed by atoms with E-state index in [-0.39, 0.29) is 37.7 Å². The second-order valence-electron chi connectivity index (χ2n) is 7.75. The fourth-order valence-corrected chi connectivity index (χ4v) is 2.57. The van der Waals surface area contributed by atoms with Gasteiger partial charge >= 0.3 is 24.2 Å². The molecule has 2 atom stereocenters. The van der Waals surface area contributed by atoms with Crippen LogP contribution in [0.4, 0.5) is 9.59 Å². The van der Waals surface area contributed by atoms with Crippen molar-refractivity contribution in [1.82, 2.24) is 0 Å². The smallest absolute Gasteiger partial charge is 0.462 e. The van der Waals surface area contributed by atoms with Crippen molar-refractivity contribution in [3.63, 3.8) is 0 Å². The van der Waals surface area contributed by atoms with Gasteiger partial charge in [0.25, 0.3) is 0 Å². The van der Waals surface area contributed by atoms with Crippen molar-refractivity contribution in [1.29, 1.82) is 0 Å². The largest absolute Gasteiger partial charge is 0.513 e. The number of hydrogen-bond donors (Lipinski definition) is 1. The van der Waals surface area contributed by atoms with Crippen LogP contribution in [0.3, 0.4) is 0 Å². The highest BCUT2D eigenvalue weighted by molar-refractivity contribution is 5.76. The van der Waals surface area contributed by atoms with Crippen molar-refractivity contribution in [3.05, 3.63) is 23.8 Å². The average Bonchev–Trinajstić information content (AvgIpc) is 2.79. The van der Waals surface area contributed by atoms with Crippen LogP contribution < -0.4 is 15.2 Å². The molecule has 0 heterocycles. The highest BCUT2D eigenvalue weighted by atomic mass is 16.7. The van der Waals surface area contributed by atoms with E-state index in [4.69, 9.17) is 34.2 Å². The zero-order chi connectivity index (χ0) is 26.2. The second-order valence-corrected chi connectivity index (χ2v) is 7.75. The van der Waals surface area contributed by atoms with Crippen molar-refractivity contribution in [2.24, 2.45) is 5.73 Å². The van der Waals surface area contributed by atoms with E-state index in [0.717, 1.165) is 12.8 Å². The molecule has 0 bridgehead atoms. The number of nitrogens with two attached hydrogens (primary N) is 1. The number of ether oxygens (including phenoxy) is 6. The van der Waals surface area contributed by atoms with Gasteiger partial charge in [-0.25, -0.2) is 9.59 Å². The molecule has 0 saturated heterocycles. The molecule has 1 aromatic rings. The quantitative estimate of drug-likeness (QED) is 0.173. The van der Waals surface area contributed by atoms with E-state index in [0.29, 0.717) is 18.4 Å². The summed E-state index contributed by atoms with van der Waals surface area (Å²) in [5.74, 6) is -1.35. The summed E-state index contributed by atoms with van der Waals surface area (Å²) < 4.78 is 30.3. The highest BCUT2D eigenvalue weighted by Crippen LogP contribution is 2.30. The molecule has 1 rings (SSSR count). The van der Waals surface area contributed by atoms with E-state index in [1.807, 2.05) is 13.8 Å². The Hall–Kier alpha value is -3.34. The zero-order valence-electron chi connectivity index (χ0n) is 20.7. The Bertz CT molecular complexity index is 842. The fourth-order valence-electron chi connectivity index (χ4n) is 2.57. The summed E-state index contributed by atoms with van der Waals surface area (Å²) in [6, 6.07) is 3.31. The summed E-state index contributed by atoms with van der Waals surface area (Å²) in [6.45, 7) is 6.98. The molecule has 35 heavy (non-hydrogen) atoms. The van der Waals surface area contributed by atoms with Crippen LogP contribution in [-0.4, -0.2) is 56.2 Å². The third-order valence-corrected chi connectivity index (χ3v) is 4.43. The van der Waals surface area contributed by atoms with Crippen molar-refractivity contribution in [2.75, 3.05) is 19.8 Å². The molecule has 0 radical (unpaired) electrons. The average molecular weight is 498 g/mol. The van der Waals surface area contributed by atoms with Crippen molar-refractivity contribution in [3.8, 4) is 11.5 Å². The van der Waals surface area contributed by atoms with Gasteiger partial charge in [-0.05, 0) is 43.9 Å². The number of carbonyl (C=O) groups excluding carboxylic acids is 4. The van der Waals surface area contributed by atoms with Gasteiger partial charge in [-0.1, -0.05) is 32.8 Å². The van der Waals surface area contributed by atoms with Crippen LogP contribution in [0.1, 0.15) is 58.9 Å². The van der Waals surface area contributed by atoms with E-state index in [1.54, 1.807) is 13.0 Å². The molecule has 0 aliphatic rings. The van der Waals surface area contributed by atoms with Crippen LogP contribution in [0.25, 0.3) is 0 Å². The summed E-state index contributed by atoms with van der Waals surface area (Å²) in [4.78, 5) is 47.2. The van der Waals surface area contributed by atoms with Gasteiger partial charge in [0, 0.05) is 6.92 Å². The number of benzene rings is 1. The molecular formula is C24H35NO10. The molecule has 0 aliphatic heterocycles. The standard InChI is InChI=1S/C24H35NO10/c1-5-7-11-30-23(28)34-20-10-9-18(14-21(20)35-24(29)31-12-8-6-2)13-19(25)22(27)33-16(3)15-32-17(4)26/h9-10,14,16,19H,5-8,11-13,15,25H2,1-4H3/t16-,19-/m0/s1. The molecule has 1 aromatic carbocycles. The van der Waals surface area contributed by atoms with Gasteiger partial charge in [-0.2, -0.15) is 0 Å². The molecule has 0 aliphatic carbocycles. The summed E-state index contributed by atoms with van der Waals surface area (Å²) >= 11 is 0. The normalized spacial score (nSPS) is 12.1. The van der Waals surface area contributed by atoms with Crippen molar-refractivity contribution >= 4 is 24.2 Å². The fraction of sp³-hybridized carbons (Fsp3) is 0.583. The van der Waals surface area contributed by atoms with Crippen LogP contribution in [0.2, 0.25) is 0 Å². The molecule has 196 valence electrons. The molecule has 11 nitrogen and oxygen atoms in total. The Morgan fingerprint density at radius 1 is 0.886 bits per heavy atom. The third-order valence-electron chi connectivity index (χ3n) is 4.43. The monoisotopic (exact) mass is 497 g/mol. The van der Waals surface area contributed by atoms with Crippen LogP contribution in [0, 0.1) is 0 Å². The maximum atomic E-state index is 12.3. The third kappa shape index (κ3) is 12.6. The minimum absolute atomic E-state index is 0.0294. The zero-order valence-corrected chi connectivity index (χ0v) is 20.7. The molecule has 0 unspecified atom stereocenters. The Morgan fingerprint density at radius 3 is 2.00 bits per heavy atom. The lowest BCUT2D eigenvalue weighted by atomic mass is 10.1. The number of hydrogen-bond acceptors (Lipinski definition) is 11. The molecule has 0 fully saturated rings. The Morgan fingerprint density at radius 2 is 1.46 bits per heavy atom. The topological polar surface area (TPSA) is 150 Å². The van der Waals surface area contributed by atoms with E-state index in [9.17, 15) is 19.2 Å². The number of esters is 2. The predicted octanol–water partition coefficient (Wildman–Crippen LogP) is 3.68. The molecule has 0 aromatic heterocycles. The lowest BCUT2D eigenvalue weighted by Gasteiger charge is -2.17. The maximum Gasteiger partial charge on any atom is 0.513 e. The highest BCUT2D eigenvalue weighted by Gasteiger charge is 2.22. The minimum atomic E-state index is -1.05. The van der Waals surface area contributed by atoms with Crippen molar-refractivity contribution < 1.29 is 47.6 Å². The lowest BCUT2D eigenvalue weighted by Crippen LogP contribution is -2.37. The Labute approximate surface area is 205 Å². The van der Waals surface area contributed by atoms with Gasteiger partial charge in [-0.15, -0.1) is 0 Å². The van der Waals surface area contributed by atoms with E-state index in [1.165, 1.54) is 19.1 Å². The predicted molar refractivity (Wildman–Crippen MR) is 124 cm³/mol. The van der Waals surface area contributed by atoms with E-state index in [2.05, 4.69) is 0 Å². The molecule has 0 saturated carbocycles. The first-order valence-corrected chi connectivity index (χ1v) is 11.6. The molecule has 2 N–H and O–H groups in total. The van der Waals surface area contributed by atoms with E-state index >= 15 is 0 Å². The first-order valence-electron chi connectivity index (χ1n) is 11.6. The molecular weight excluding hydrogens is 462 g/mol. The summed E-state index contributed by atoms with van der Waals surface area (Å²) in [7, 11) is 0. The molecule has 0 spiro atoms. The van der Waals surface area contributed by atoms with Crippen LogP contribution in [-0.2, 0) is 35.0 Å². The number of unbranched alkanes of at least 4 members (excludes halogenated alkanes) is 2. The Kier molecular flexibility index (Phi) is 13.8. The summed E-state index contributed by atoms with van der Waals surface area (Å²) in [5, 5.41) is 0. The van der Waals surface area contributed by atoms with E-state index < -0.39 is 36.4 Å². The van der Waals surface area contributed by atoms with Gasteiger partial charge in [0.2, 0.25) is 0 Å². The maximum absolute atomic E-state index is 12.3. The summed E-state index contributed by atoms with van der Waals surface area (Å²) in [6.07, 6.45) is 0.439. The lowest BCUT2D eigenvalue weighted by molar-refractivity contribution is -0.157.